The van der Waals surface area contributed by atoms with Crippen LogP contribution < -0.4 is 57.1 Å². The molecule has 4 nitrogen and oxygen atoms in total. The molecule has 1 rings (SSSR count). The minimum absolute atomic E-state index is 0. The Balaban J connectivity index is 0.00000144. The molecule has 2 N–H and O–H groups in total. The predicted octanol–water partition coefficient (Wildman–Crippen LogP) is -2.95. The third kappa shape index (κ3) is 4.18. The van der Waals surface area contributed by atoms with Gasteiger partial charge < -0.3 is 10.3 Å². The van der Waals surface area contributed by atoms with Gasteiger partial charge in [-0.25, -0.2) is 8.42 Å². The average molecular weight is 225 g/mol. The fraction of sp³-hybridized carbons (Fsp3) is 0.143. The zero-order valence-electron chi connectivity index (χ0n) is 7.23. The van der Waals surface area contributed by atoms with E-state index in [-0.39, 0.29) is 62.8 Å². The summed E-state index contributed by atoms with van der Waals surface area (Å²) in [5.74, 6) is 0. The van der Waals surface area contributed by atoms with Crippen molar-refractivity contribution in [1.29, 1.82) is 0 Å². The first-order chi connectivity index (χ1) is 5.54. The van der Waals surface area contributed by atoms with Crippen LogP contribution in [-0.2, 0) is 16.7 Å². The summed E-state index contributed by atoms with van der Waals surface area (Å²) in [7, 11) is -4.34. The van der Waals surface area contributed by atoms with Crippen LogP contribution in [0.15, 0.2) is 29.2 Å². The first-order valence-corrected chi connectivity index (χ1v) is 4.70. The van der Waals surface area contributed by atoms with Gasteiger partial charge in [0.15, 0.2) is 0 Å². The van der Waals surface area contributed by atoms with Crippen molar-refractivity contribution < 1.29 is 64.4 Å². The van der Waals surface area contributed by atoms with Crippen molar-refractivity contribution in [2.75, 3.05) is 0 Å². The summed E-state index contributed by atoms with van der Waals surface area (Å²) in [6.45, 7) is 0.226. The van der Waals surface area contributed by atoms with Gasteiger partial charge in [-0.3, -0.25) is 0 Å². The van der Waals surface area contributed by atoms with E-state index in [1.165, 1.54) is 18.2 Å². The summed E-state index contributed by atoms with van der Waals surface area (Å²) < 4.78 is 31.5. The fourth-order valence-corrected chi connectivity index (χ4v) is 1.37. The second-order valence-corrected chi connectivity index (χ2v) is 3.69. The van der Waals surface area contributed by atoms with Crippen LogP contribution in [0.4, 0.5) is 0 Å². The van der Waals surface area contributed by atoms with E-state index in [9.17, 15) is 13.0 Å². The smallest absolute Gasteiger partial charge is 0.744 e. The van der Waals surface area contributed by atoms with Gasteiger partial charge in [-0.2, -0.15) is 0 Å². The van der Waals surface area contributed by atoms with Gasteiger partial charge in [0.2, 0.25) is 0 Å². The molecule has 13 heavy (non-hydrogen) atoms. The van der Waals surface area contributed by atoms with Crippen LogP contribution in [0.5, 0.6) is 0 Å². The molecule has 0 saturated carbocycles. The molecule has 0 saturated heterocycles. The Morgan fingerprint density at radius 3 is 2.46 bits per heavy atom. The molecule has 0 unspecified atom stereocenters. The van der Waals surface area contributed by atoms with Gasteiger partial charge >= 0.3 is 51.4 Å². The summed E-state index contributed by atoms with van der Waals surface area (Å²) in [6, 6.07) is 5.69. The summed E-state index contributed by atoms with van der Waals surface area (Å²) in [5.41, 5.74) is 5.90. The van der Waals surface area contributed by atoms with Gasteiger partial charge in [0.1, 0.15) is 10.1 Å². The third-order valence-corrected chi connectivity index (χ3v) is 2.25. The van der Waals surface area contributed by atoms with E-state index in [0.717, 1.165) is 0 Å². The van der Waals surface area contributed by atoms with Gasteiger partial charge in [-0.15, -0.1) is 0 Å². The van der Waals surface area contributed by atoms with Crippen molar-refractivity contribution in [3.05, 3.63) is 29.8 Å². The quantitative estimate of drug-likeness (QED) is 0.431. The molecule has 0 aliphatic heterocycles. The molecule has 0 amide bonds. The monoisotopic (exact) mass is 225 g/mol. The van der Waals surface area contributed by atoms with Crippen molar-refractivity contribution >= 4 is 10.1 Å². The molecule has 0 bridgehead atoms. The molecule has 66 valence electrons. The number of hydrogen-bond acceptors (Lipinski definition) is 4. The molecule has 0 heterocycles. The van der Waals surface area contributed by atoms with Crippen molar-refractivity contribution in [2.45, 2.75) is 11.4 Å². The van der Waals surface area contributed by atoms with Crippen LogP contribution in [0.25, 0.3) is 0 Å². The SMILES string of the molecule is NCc1cccc(S(=O)(=O)[O-])c1.[K+]. The topological polar surface area (TPSA) is 83.2 Å². The minimum Gasteiger partial charge on any atom is -0.744 e. The second kappa shape index (κ2) is 5.57. The molecule has 0 aliphatic rings. The van der Waals surface area contributed by atoms with Crippen molar-refractivity contribution in [2.24, 2.45) is 5.73 Å². The summed E-state index contributed by atoms with van der Waals surface area (Å²) in [6.07, 6.45) is 0. The Bertz CT molecular complexity index is 377. The number of nitrogens with two attached hydrogens (primary N) is 1. The van der Waals surface area contributed by atoms with Gasteiger partial charge in [0.05, 0.1) is 4.90 Å². The van der Waals surface area contributed by atoms with E-state index in [4.69, 9.17) is 5.73 Å². The molecule has 6 heteroatoms. The zero-order chi connectivity index (χ0) is 9.19. The van der Waals surface area contributed by atoms with Crippen LogP contribution in [0, 0.1) is 0 Å². The van der Waals surface area contributed by atoms with E-state index in [1.54, 1.807) is 6.07 Å². The minimum atomic E-state index is -4.34. The van der Waals surface area contributed by atoms with Crippen LogP contribution in [0.2, 0.25) is 0 Å². The molecular weight excluding hydrogens is 217 g/mol. The predicted molar refractivity (Wildman–Crippen MR) is 42.3 cm³/mol. The van der Waals surface area contributed by atoms with Crippen LogP contribution in [0.3, 0.4) is 0 Å². The fourth-order valence-electron chi connectivity index (χ4n) is 0.828. The maximum Gasteiger partial charge on any atom is 1.00 e. The zero-order valence-corrected chi connectivity index (χ0v) is 11.2. The Morgan fingerprint density at radius 1 is 1.38 bits per heavy atom. The van der Waals surface area contributed by atoms with E-state index in [1.807, 2.05) is 0 Å². The Labute approximate surface area is 120 Å². The standard InChI is InChI=1S/C7H9NO3S.K/c8-5-6-2-1-3-7(4-6)12(9,10)11;/h1-4H,5,8H2,(H,9,10,11);/q;+1/p-1. The van der Waals surface area contributed by atoms with E-state index in [2.05, 4.69) is 0 Å². The summed E-state index contributed by atoms with van der Waals surface area (Å²) in [5, 5.41) is 0. The van der Waals surface area contributed by atoms with Gasteiger partial charge in [0.25, 0.3) is 0 Å². The van der Waals surface area contributed by atoms with Crippen molar-refractivity contribution in [1.82, 2.24) is 0 Å². The maximum absolute atomic E-state index is 10.5. The van der Waals surface area contributed by atoms with Crippen LogP contribution in [0.1, 0.15) is 5.56 Å². The Kier molecular flexibility index (Phi) is 5.88. The van der Waals surface area contributed by atoms with Crippen LogP contribution >= 0.6 is 0 Å². The Morgan fingerprint density at radius 2 is 2.00 bits per heavy atom. The molecule has 1 aromatic rings. The Hall–Kier alpha value is 0.726. The molecule has 0 aliphatic carbocycles. The van der Waals surface area contributed by atoms with E-state index >= 15 is 0 Å². The van der Waals surface area contributed by atoms with Crippen molar-refractivity contribution in [3.63, 3.8) is 0 Å². The second-order valence-electron chi connectivity index (χ2n) is 2.31. The third-order valence-electron chi connectivity index (χ3n) is 1.42. The van der Waals surface area contributed by atoms with E-state index in [0.29, 0.717) is 5.56 Å². The normalized spacial score (nSPS) is 10.6. The molecule has 0 aromatic heterocycles. The molecule has 0 spiro atoms. The molecule has 0 fully saturated rings. The molecule has 0 atom stereocenters. The van der Waals surface area contributed by atoms with E-state index < -0.39 is 10.1 Å². The summed E-state index contributed by atoms with van der Waals surface area (Å²) in [4.78, 5) is -0.231. The van der Waals surface area contributed by atoms with Gasteiger partial charge in [-0.05, 0) is 17.7 Å². The number of rotatable bonds is 2. The summed E-state index contributed by atoms with van der Waals surface area (Å²) >= 11 is 0. The molecule has 1 aromatic carbocycles. The molecular formula is C7H8KNO3S. The van der Waals surface area contributed by atoms with Crippen LogP contribution in [-0.4, -0.2) is 13.0 Å². The number of benzene rings is 1. The maximum atomic E-state index is 10.5. The average Bonchev–Trinajstić information content (AvgIpc) is 2.03. The first kappa shape index (κ1) is 13.7. The van der Waals surface area contributed by atoms with Crippen molar-refractivity contribution in [3.8, 4) is 0 Å². The largest absolute Gasteiger partial charge is 1.00 e. The molecule has 0 radical (unpaired) electrons. The first-order valence-electron chi connectivity index (χ1n) is 3.29. The number of hydrogen-bond donors (Lipinski definition) is 1. The van der Waals surface area contributed by atoms with Gasteiger partial charge in [-0.1, -0.05) is 12.1 Å². The van der Waals surface area contributed by atoms with Gasteiger partial charge in [0, 0.05) is 6.54 Å².